The highest BCUT2D eigenvalue weighted by atomic mass is 19.1. The molecule has 0 spiro atoms. The molecule has 0 aromatic heterocycles. The first-order valence-corrected chi connectivity index (χ1v) is 4.38. The van der Waals surface area contributed by atoms with Crippen LogP contribution in [0, 0.1) is 15.9 Å². The number of nitrogens with zero attached hydrogens (tertiary/aromatic N) is 1. The van der Waals surface area contributed by atoms with Crippen molar-refractivity contribution in [2.45, 2.75) is 13.3 Å². The van der Waals surface area contributed by atoms with Gasteiger partial charge >= 0.3 is 0 Å². The Labute approximate surface area is 90.0 Å². The monoisotopic (exact) mass is 225 g/mol. The third-order valence-electron chi connectivity index (χ3n) is 1.99. The zero-order chi connectivity index (χ0) is 12.3. The molecular formula is C10H8FNO4. The molecule has 16 heavy (non-hydrogen) atoms. The molecule has 0 saturated heterocycles. The van der Waals surface area contributed by atoms with Gasteiger partial charge in [-0.3, -0.25) is 19.7 Å². The molecule has 84 valence electrons. The van der Waals surface area contributed by atoms with Crippen LogP contribution in [0.25, 0.3) is 0 Å². The Morgan fingerprint density at radius 3 is 2.56 bits per heavy atom. The normalized spacial score (nSPS) is 9.88. The van der Waals surface area contributed by atoms with Gasteiger partial charge in [-0.25, -0.2) is 4.39 Å². The van der Waals surface area contributed by atoms with E-state index in [1.165, 1.54) is 0 Å². The van der Waals surface area contributed by atoms with Crippen LogP contribution in [0.5, 0.6) is 0 Å². The van der Waals surface area contributed by atoms with Gasteiger partial charge in [-0.2, -0.15) is 0 Å². The second-order valence-corrected chi connectivity index (χ2v) is 3.19. The van der Waals surface area contributed by atoms with E-state index in [9.17, 15) is 24.1 Å². The molecule has 5 nitrogen and oxygen atoms in total. The molecule has 0 unspecified atom stereocenters. The minimum atomic E-state index is -0.786. The van der Waals surface area contributed by atoms with Crippen LogP contribution in [0.15, 0.2) is 18.2 Å². The van der Waals surface area contributed by atoms with E-state index in [-0.39, 0.29) is 12.0 Å². The summed E-state index contributed by atoms with van der Waals surface area (Å²) in [5.74, 6) is -2.18. The number of Topliss-reactive ketones (excluding diaryl/α,β-unsaturated/α-hetero) is 2. The van der Waals surface area contributed by atoms with Gasteiger partial charge in [0.2, 0.25) is 5.78 Å². The molecule has 1 aromatic rings. The van der Waals surface area contributed by atoms with Gasteiger partial charge in [0.05, 0.1) is 11.0 Å². The van der Waals surface area contributed by atoms with Gasteiger partial charge in [0.25, 0.3) is 5.69 Å². The van der Waals surface area contributed by atoms with Gasteiger partial charge < -0.3 is 0 Å². The SMILES string of the molecule is CC(=O)C(=O)Cc1ccc(F)cc1[N+](=O)[O-]. The lowest BCUT2D eigenvalue weighted by molar-refractivity contribution is -0.385. The summed E-state index contributed by atoms with van der Waals surface area (Å²) in [5, 5.41) is 10.6. The molecule has 6 heteroatoms. The molecule has 0 N–H and O–H groups in total. The Bertz CT molecular complexity index is 470. The number of ketones is 2. The molecule has 1 rings (SSSR count). The van der Waals surface area contributed by atoms with Crippen LogP contribution < -0.4 is 0 Å². The van der Waals surface area contributed by atoms with E-state index in [0.717, 1.165) is 25.1 Å². The number of carbonyl (C=O) groups is 2. The lowest BCUT2D eigenvalue weighted by atomic mass is 10.1. The maximum Gasteiger partial charge on any atom is 0.275 e. The quantitative estimate of drug-likeness (QED) is 0.441. The molecule has 0 radical (unpaired) electrons. The average molecular weight is 225 g/mol. The molecular weight excluding hydrogens is 217 g/mol. The van der Waals surface area contributed by atoms with Crippen molar-refractivity contribution < 1.29 is 18.9 Å². The number of carbonyl (C=O) groups excluding carboxylic acids is 2. The number of halogens is 1. The third-order valence-corrected chi connectivity index (χ3v) is 1.99. The molecule has 0 aliphatic heterocycles. The second-order valence-electron chi connectivity index (χ2n) is 3.19. The van der Waals surface area contributed by atoms with E-state index < -0.39 is 28.0 Å². The first-order chi connectivity index (χ1) is 7.41. The topological polar surface area (TPSA) is 77.3 Å². The number of nitro benzene ring substituents is 1. The van der Waals surface area contributed by atoms with Gasteiger partial charge in [-0.05, 0) is 12.1 Å². The van der Waals surface area contributed by atoms with Crippen LogP contribution in [0.2, 0.25) is 0 Å². The summed E-state index contributed by atoms with van der Waals surface area (Å²) in [6.45, 7) is 1.08. The van der Waals surface area contributed by atoms with E-state index in [2.05, 4.69) is 0 Å². The van der Waals surface area contributed by atoms with E-state index in [1.807, 2.05) is 0 Å². The molecule has 1 aromatic carbocycles. The number of benzene rings is 1. The summed E-state index contributed by atoms with van der Waals surface area (Å²) in [4.78, 5) is 31.6. The highest BCUT2D eigenvalue weighted by molar-refractivity contribution is 6.36. The summed E-state index contributed by atoms with van der Waals surface area (Å²) < 4.78 is 12.7. The maximum atomic E-state index is 12.7. The Morgan fingerprint density at radius 2 is 2.06 bits per heavy atom. The zero-order valence-corrected chi connectivity index (χ0v) is 8.40. The summed E-state index contributed by atoms with van der Waals surface area (Å²) in [6, 6.07) is 2.87. The maximum absolute atomic E-state index is 12.7. The van der Waals surface area contributed by atoms with Gasteiger partial charge in [-0.1, -0.05) is 0 Å². The number of hydrogen-bond acceptors (Lipinski definition) is 4. The molecule has 0 amide bonds. The average Bonchev–Trinajstić information content (AvgIpc) is 2.20. The van der Waals surface area contributed by atoms with Crippen molar-refractivity contribution >= 4 is 17.3 Å². The van der Waals surface area contributed by atoms with Crippen LogP contribution in [-0.4, -0.2) is 16.5 Å². The highest BCUT2D eigenvalue weighted by Crippen LogP contribution is 2.20. The summed E-state index contributed by atoms with van der Waals surface area (Å²) in [5.41, 5.74) is -0.457. The van der Waals surface area contributed by atoms with Crippen molar-refractivity contribution in [2.75, 3.05) is 0 Å². The van der Waals surface area contributed by atoms with Crippen LogP contribution in [0.1, 0.15) is 12.5 Å². The van der Waals surface area contributed by atoms with Crippen molar-refractivity contribution in [2.24, 2.45) is 0 Å². The largest absolute Gasteiger partial charge is 0.291 e. The predicted molar refractivity (Wildman–Crippen MR) is 52.4 cm³/mol. The number of hydrogen-bond donors (Lipinski definition) is 0. The molecule has 0 heterocycles. The first-order valence-electron chi connectivity index (χ1n) is 4.38. The van der Waals surface area contributed by atoms with Crippen LogP contribution in [0.3, 0.4) is 0 Å². The minimum absolute atomic E-state index is 0.0339. The Morgan fingerprint density at radius 1 is 1.44 bits per heavy atom. The second kappa shape index (κ2) is 4.61. The molecule has 0 aliphatic rings. The number of nitro groups is 1. The Kier molecular flexibility index (Phi) is 3.44. The zero-order valence-electron chi connectivity index (χ0n) is 8.40. The minimum Gasteiger partial charge on any atom is -0.291 e. The van der Waals surface area contributed by atoms with Crippen molar-refractivity contribution in [1.29, 1.82) is 0 Å². The molecule has 0 atom stereocenters. The third kappa shape index (κ3) is 2.69. The van der Waals surface area contributed by atoms with E-state index >= 15 is 0 Å². The van der Waals surface area contributed by atoms with E-state index in [1.54, 1.807) is 0 Å². The molecule has 0 fully saturated rings. The number of rotatable bonds is 4. The van der Waals surface area contributed by atoms with Crippen molar-refractivity contribution in [3.8, 4) is 0 Å². The molecule has 0 aliphatic carbocycles. The lowest BCUT2D eigenvalue weighted by Gasteiger charge is -2.00. The van der Waals surface area contributed by atoms with Crippen LogP contribution in [0.4, 0.5) is 10.1 Å². The van der Waals surface area contributed by atoms with Crippen molar-refractivity contribution in [1.82, 2.24) is 0 Å². The fraction of sp³-hybridized carbons (Fsp3) is 0.200. The van der Waals surface area contributed by atoms with Crippen LogP contribution in [-0.2, 0) is 16.0 Å². The first kappa shape index (κ1) is 12.0. The smallest absolute Gasteiger partial charge is 0.275 e. The van der Waals surface area contributed by atoms with Crippen molar-refractivity contribution in [3.05, 3.63) is 39.7 Å². The van der Waals surface area contributed by atoms with E-state index in [0.29, 0.717) is 0 Å². The van der Waals surface area contributed by atoms with Gasteiger partial charge in [0, 0.05) is 18.9 Å². The summed E-state index contributed by atoms with van der Waals surface area (Å²) in [6.07, 6.45) is -0.383. The van der Waals surface area contributed by atoms with Gasteiger partial charge in [0.1, 0.15) is 5.82 Å². The summed E-state index contributed by atoms with van der Waals surface area (Å²) >= 11 is 0. The Hall–Kier alpha value is -2.11. The fourth-order valence-corrected chi connectivity index (χ4v) is 1.15. The Balaban J connectivity index is 3.09. The lowest BCUT2D eigenvalue weighted by Crippen LogP contribution is -2.13. The van der Waals surface area contributed by atoms with Gasteiger partial charge in [0.15, 0.2) is 5.78 Å². The standard InChI is InChI=1S/C10H8FNO4/c1-6(13)10(14)4-7-2-3-8(11)5-9(7)12(15)16/h2-3,5H,4H2,1H3. The van der Waals surface area contributed by atoms with Gasteiger partial charge in [-0.15, -0.1) is 0 Å². The van der Waals surface area contributed by atoms with Crippen molar-refractivity contribution in [3.63, 3.8) is 0 Å². The highest BCUT2D eigenvalue weighted by Gasteiger charge is 2.19. The summed E-state index contributed by atoms with van der Waals surface area (Å²) in [7, 11) is 0. The molecule has 0 saturated carbocycles. The molecule has 0 bridgehead atoms. The fourth-order valence-electron chi connectivity index (χ4n) is 1.15. The van der Waals surface area contributed by atoms with Crippen LogP contribution >= 0.6 is 0 Å². The van der Waals surface area contributed by atoms with E-state index in [4.69, 9.17) is 0 Å². The predicted octanol–water partition coefficient (Wildman–Crippen LogP) is 1.43.